The lowest BCUT2D eigenvalue weighted by Gasteiger charge is -2.16. The van der Waals surface area contributed by atoms with Crippen LogP contribution in [0.1, 0.15) is 15.9 Å². The van der Waals surface area contributed by atoms with E-state index in [4.69, 9.17) is 16.3 Å². The lowest BCUT2D eigenvalue weighted by molar-refractivity contribution is 0.0977. The molecule has 1 amide bonds. The van der Waals surface area contributed by atoms with E-state index in [0.29, 0.717) is 15.1 Å². The highest BCUT2D eigenvalue weighted by Crippen LogP contribution is 2.35. The summed E-state index contributed by atoms with van der Waals surface area (Å²) in [6.07, 6.45) is 0. The molecule has 34 heavy (non-hydrogen) atoms. The van der Waals surface area contributed by atoms with Crippen LogP contribution in [0, 0.1) is 0 Å². The number of hydrogen-bond donors (Lipinski definition) is 1. The van der Waals surface area contributed by atoms with E-state index in [1.165, 1.54) is 18.2 Å². The molecular weight excluding hydrogens is 538 g/mol. The summed E-state index contributed by atoms with van der Waals surface area (Å²) < 4.78 is 34.5. The Kier molecular flexibility index (Phi) is 7.36. The average Bonchev–Trinajstić information content (AvgIpc) is 2.83. The van der Waals surface area contributed by atoms with Gasteiger partial charge < -0.3 is 4.74 Å². The first-order chi connectivity index (χ1) is 16.3. The van der Waals surface area contributed by atoms with E-state index in [9.17, 15) is 13.2 Å². The Balaban J connectivity index is 1.72. The van der Waals surface area contributed by atoms with Crippen molar-refractivity contribution in [3.63, 3.8) is 0 Å². The Morgan fingerprint density at radius 2 is 1.59 bits per heavy atom. The fourth-order valence-electron chi connectivity index (χ4n) is 3.33. The van der Waals surface area contributed by atoms with Crippen molar-refractivity contribution < 1.29 is 17.9 Å². The van der Waals surface area contributed by atoms with E-state index >= 15 is 0 Å². The maximum atomic E-state index is 13.2. The molecule has 4 rings (SSSR count). The standard InChI is InChI=1S/C26H19BrClNO4S/c27-20-8-4-9-22(16-20)34(31,32)29-26(30)24-11-5-10-23(19-12-14-21(28)15-13-19)25(24)33-17-18-6-2-1-3-7-18/h1-16H,17H2,(H,29,30). The Bertz CT molecular complexity index is 1430. The molecule has 0 heterocycles. The van der Waals surface area contributed by atoms with Gasteiger partial charge in [0.15, 0.2) is 0 Å². The molecule has 0 saturated carbocycles. The maximum Gasteiger partial charge on any atom is 0.268 e. The van der Waals surface area contributed by atoms with Gasteiger partial charge in [0.2, 0.25) is 0 Å². The molecule has 0 atom stereocenters. The van der Waals surface area contributed by atoms with Gasteiger partial charge in [0.1, 0.15) is 12.4 Å². The topological polar surface area (TPSA) is 72.5 Å². The molecule has 4 aromatic rings. The lowest BCUT2D eigenvalue weighted by atomic mass is 10.0. The molecule has 0 saturated heterocycles. The van der Waals surface area contributed by atoms with Gasteiger partial charge in [-0.15, -0.1) is 0 Å². The van der Waals surface area contributed by atoms with Crippen molar-refractivity contribution in [2.24, 2.45) is 0 Å². The molecule has 0 radical (unpaired) electrons. The highest BCUT2D eigenvalue weighted by atomic mass is 79.9. The SMILES string of the molecule is O=C(NS(=O)(=O)c1cccc(Br)c1)c1cccc(-c2ccc(Cl)cc2)c1OCc1ccccc1. The molecule has 0 spiro atoms. The smallest absolute Gasteiger partial charge is 0.268 e. The van der Waals surface area contributed by atoms with Gasteiger partial charge >= 0.3 is 0 Å². The number of benzene rings is 4. The molecule has 1 N–H and O–H groups in total. The largest absolute Gasteiger partial charge is 0.487 e. The van der Waals surface area contributed by atoms with E-state index in [1.807, 2.05) is 48.5 Å². The van der Waals surface area contributed by atoms with Gasteiger partial charge in [0.05, 0.1) is 10.5 Å². The highest BCUT2D eigenvalue weighted by molar-refractivity contribution is 9.10. The summed E-state index contributed by atoms with van der Waals surface area (Å²) in [6.45, 7) is 0.199. The molecule has 4 aromatic carbocycles. The molecule has 5 nitrogen and oxygen atoms in total. The number of amides is 1. The zero-order valence-corrected chi connectivity index (χ0v) is 20.9. The van der Waals surface area contributed by atoms with Gasteiger partial charge in [-0.1, -0.05) is 88.2 Å². The van der Waals surface area contributed by atoms with Gasteiger partial charge in [0.25, 0.3) is 15.9 Å². The van der Waals surface area contributed by atoms with Crippen LogP contribution in [0.25, 0.3) is 11.1 Å². The monoisotopic (exact) mass is 555 g/mol. The quantitative estimate of drug-likeness (QED) is 0.283. The van der Waals surface area contributed by atoms with E-state index in [1.54, 1.807) is 30.3 Å². The molecule has 0 unspecified atom stereocenters. The number of hydrogen-bond acceptors (Lipinski definition) is 4. The minimum Gasteiger partial charge on any atom is -0.487 e. The summed E-state index contributed by atoms with van der Waals surface area (Å²) in [5, 5.41) is 0.574. The van der Waals surface area contributed by atoms with Crippen molar-refractivity contribution >= 4 is 43.5 Å². The third kappa shape index (κ3) is 5.67. The molecule has 8 heteroatoms. The summed E-state index contributed by atoms with van der Waals surface area (Å²) in [4.78, 5) is 13.2. The van der Waals surface area contributed by atoms with Crippen LogP contribution in [0.4, 0.5) is 0 Å². The van der Waals surface area contributed by atoms with Gasteiger partial charge in [-0.05, 0) is 47.5 Å². The van der Waals surface area contributed by atoms with Crippen molar-refractivity contribution in [2.75, 3.05) is 0 Å². The molecule has 0 fully saturated rings. The predicted octanol–water partition coefficient (Wildman–Crippen LogP) is 6.47. The van der Waals surface area contributed by atoms with Crippen molar-refractivity contribution in [1.29, 1.82) is 0 Å². The van der Waals surface area contributed by atoms with Crippen molar-refractivity contribution in [3.8, 4) is 16.9 Å². The van der Waals surface area contributed by atoms with Gasteiger partial charge in [-0.25, -0.2) is 13.1 Å². The Hall–Kier alpha value is -3.13. The summed E-state index contributed by atoms with van der Waals surface area (Å²) in [5.74, 6) is -0.519. The van der Waals surface area contributed by atoms with Crippen molar-refractivity contribution in [2.45, 2.75) is 11.5 Å². The van der Waals surface area contributed by atoms with Crippen LogP contribution in [0.15, 0.2) is 106 Å². The normalized spacial score (nSPS) is 11.1. The summed E-state index contributed by atoms with van der Waals surface area (Å²) in [6, 6.07) is 27.7. The Morgan fingerprint density at radius 1 is 0.882 bits per heavy atom. The Morgan fingerprint density at radius 3 is 2.29 bits per heavy atom. The van der Waals surface area contributed by atoms with Crippen molar-refractivity contribution in [1.82, 2.24) is 4.72 Å². The minimum absolute atomic E-state index is 0.0316. The number of para-hydroxylation sites is 1. The minimum atomic E-state index is -4.10. The second-order valence-electron chi connectivity index (χ2n) is 7.36. The fourth-order valence-corrected chi connectivity index (χ4v) is 5.02. The van der Waals surface area contributed by atoms with Crippen LogP contribution in [-0.2, 0) is 16.6 Å². The molecule has 0 aliphatic heterocycles. The first kappa shape index (κ1) is 24.0. The number of sulfonamides is 1. The summed E-state index contributed by atoms with van der Waals surface area (Å²) >= 11 is 9.29. The molecular formula is C26H19BrClNO4S. The van der Waals surface area contributed by atoms with Crippen LogP contribution in [0.2, 0.25) is 5.02 Å². The second kappa shape index (κ2) is 10.4. The van der Waals surface area contributed by atoms with Gasteiger partial charge in [-0.3, -0.25) is 4.79 Å². The zero-order chi connectivity index (χ0) is 24.1. The number of carbonyl (C=O) groups excluding carboxylic acids is 1. The van der Waals surface area contributed by atoms with Crippen LogP contribution in [-0.4, -0.2) is 14.3 Å². The van der Waals surface area contributed by atoms with Gasteiger partial charge in [0, 0.05) is 15.1 Å². The van der Waals surface area contributed by atoms with Crippen LogP contribution in [0.3, 0.4) is 0 Å². The Labute approximate surface area is 211 Å². The fraction of sp³-hybridized carbons (Fsp3) is 0.0385. The van der Waals surface area contributed by atoms with Crippen LogP contribution < -0.4 is 9.46 Å². The summed E-state index contributed by atoms with van der Waals surface area (Å²) in [5.41, 5.74) is 2.42. The van der Waals surface area contributed by atoms with Crippen LogP contribution >= 0.6 is 27.5 Å². The average molecular weight is 557 g/mol. The van der Waals surface area contributed by atoms with E-state index in [0.717, 1.165) is 11.1 Å². The number of halogens is 2. The number of rotatable bonds is 7. The van der Waals surface area contributed by atoms with E-state index in [2.05, 4.69) is 20.7 Å². The molecule has 0 bridgehead atoms. The zero-order valence-electron chi connectivity index (χ0n) is 17.7. The number of carbonyl (C=O) groups is 1. The number of nitrogens with one attached hydrogen (secondary N) is 1. The maximum absolute atomic E-state index is 13.2. The van der Waals surface area contributed by atoms with E-state index in [-0.39, 0.29) is 22.8 Å². The molecule has 0 aromatic heterocycles. The molecule has 0 aliphatic carbocycles. The first-order valence-corrected chi connectivity index (χ1v) is 12.9. The van der Waals surface area contributed by atoms with Crippen LogP contribution in [0.5, 0.6) is 5.75 Å². The van der Waals surface area contributed by atoms with Crippen molar-refractivity contribution in [3.05, 3.63) is 118 Å². The predicted molar refractivity (Wildman–Crippen MR) is 136 cm³/mol. The third-order valence-electron chi connectivity index (χ3n) is 4.97. The van der Waals surface area contributed by atoms with E-state index < -0.39 is 15.9 Å². The summed E-state index contributed by atoms with van der Waals surface area (Å²) in [7, 11) is -4.10. The lowest BCUT2D eigenvalue weighted by Crippen LogP contribution is -2.31. The van der Waals surface area contributed by atoms with Gasteiger partial charge in [-0.2, -0.15) is 0 Å². The first-order valence-electron chi connectivity index (χ1n) is 10.2. The third-order valence-corrected chi connectivity index (χ3v) is 7.05. The molecule has 0 aliphatic rings. The molecule has 172 valence electrons. The number of ether oxygens (including phenoxy) is 1. The highest BCUT2D eigenvalue weighted by Gasteiger charge is 2.23. The second-order valence-corrected chi connectivity index (χ2v) is 10.4.